The Morgan fingerprint density at radius 2 is 0.930 bits per heavy atom. The van der Waals surface area contributed by atoms with E-state index in [1.165, 1.54) is 60.1 Å². The highest BCUT2D eigenvalue weighted by molar-refractivity contribution is 7.19. The zero-order valence-corrected chi connectivity index (χ0v) is 91.4. The molecule has 3 amide bonds. The summed E-state index contributed by atoms with van der Waals surface area (Å²) in [5, 5.41) is 11.1. The van der Waals surface area contributed by atoms with E-state index >= 15 is 0 Å². The van der Waals surface area contributed by atoms with Crippen LogP contribution in [0.5, 0.6) is 0 Å². The van der Waals surface area contributed by atoms with Crippen molar-refractivity contribution in [2.75, 3.05) is 16.8 Å². The quantitative estimate of drug-likeness (QED) is 0.0540. The third kappa shape index (κ3) is 44.1. The molecule has 0 saturated carbocycles. The van der Waals surface area contributed by atoms with Gasteiger partial charge < -0.3 is 24.4 Å². The van der Waals surface area contributed by atoms with Gasteiger partial charge in [0.15, 0.2) is 22.9 Å². The average molecular weight is 2090 g/mol. The number of anilines is 2. The van der Waals surface area contributed by atoms with Gasteiger partial charge in [0.1, 0.15) is 22.7 Å². The molecule has 0 aliphatic heterocycles. The molecule has 7 heterocycles. The highest BCUT2D eigenvalue weighted by Gasteiger charge is 2.33. The van der Waals surface area contributed by atoms with Gasteiger partial charge in [0, 0.05) is 99.7 Å². The number of carbonyl (C=O) groups excluding carboxylic acids is 3. The van der Waals surface area contributed by atoms with E-state index in [1.807, 2.05) is 178 Å². The van der Waals surface area contributed by atoms with E-state index < -0.39 is 23.5 Å². The number of hydrogen-bond donors (Lipinski definition) is 2. The summed E-state index contributed by atoms with van der Waals surface area (Å²) < 4.78 is 101. The molecule has 30 heteroatoms. The van der Waals surface area contributed by atoms with E-state index in [4.69, 9.17) is 55.2 Å². The third-order valence-corrected chi connectivity index (χ3v) is 24.4. The predicted molar refractivity (Wildman–Crippen MR) is 579 cm³/mol. The highest BCUT2D eigenvalue weighted by atomic mass is 35.5. The summed E-state index contributed by atoms with van der Waals surface area (Å²) in [5.41, 5.74) is 11.4. The van der Waals surface area contributed by atoms with Crippen molar-refractivity contribution >= 4 is 162 Å². The van der Waals surface area contributed by atoms with Crippen LogP contribution >= 0.6 is 80.4 Å². The number of amides is 3. The Hall–Kier alpha value is -10.3. The molecule has 0 atom stereocenters. The molecule has 142 heavy (non-hydrogen) atoms. The van der Waals surface area contributed by atoms with Crippen molar-refractivity contribution in [3.63, 3.8) is 0 Å². The first-order valence-corrected chi connectivity index (χ1v) is 52.0. The number of hydrogen-bond acceptors (Lipinski definition) is 16. The minimum Gasteiger partial charge on any atom is -0.441 e. The molecule has 2 N–H and O–H groups in total. The first kappa shape index (κ1) is 120. The number of alkyl halides is 6. The number of aryl methyl sites for hydroxylation is 3. The lowest BCUT2D eigenvalue weighted by atomic mass is 10.1. The van der Waals surface area contributed by atoms with E-state index in [0.29, 0.717) is 118 Å². The molecule has 8 aromatic carbocycles. The fourth-order valence-corrected chi connectivity index (χ4v) is 17.9. The number of rotatable bonds is 24. The van der Waals surface area contributed by atoms with Crippen LogP contribution in [-0.2, 0) is 71.8 Å². The van der Waals surface area contributed by atoms with Gasteiger partial charge in [-0.05, 0) is 218 Å². The van der Waals surface area contributed by atoms with Crippen molar-refractivity contribution in [2.24, 2.45) is 47.3 Å². The van der Waals surface area contributed by atoms with Crippen LogP contribution in [0.2, 0.25) is 20.1 Å². The minimum absolute atomic E-state index is 0.00996. The summed E-state index contributed by atoms with van der Waals surface area (Å²) in [4.78, 5) is 70.5. The zero-order valence-electron chi connectivity index (χ0n) is 86.0. The van der Waals surface area contributed by atoms with Crippen LogP contribution in [0.4, 0.5) is 42.1 Å². The van der Waals surface area contributed by atoms with Crippen LogP contribution in [0, 0.1) is 67.0 Å². The van der Waals surface area contributed by atoms with E-state index in [9.17, 15) is 45.1 Å². The van der Waals surface area contributed by atoms with Gasteiger partial charge in [-0.15, -0.1) is 34.0 Å². The molecule has 0 aliphatic carbocycles. The highest BCUT2D eigenvalue weighted by Crippen LogP contribution is 2.37. The summed E-state index contributed by atoms with van der Waals surface area (Å²) in [6.45, 7) is 50.9. The van der Waals surface area contributed by atoms with Crippen LogP contribution in [0.1, 0.15) is 255 Å². The molecule has 15 rings (SSSR count). The lowest BCUT2D eigenvalue weighted by Gasteiger charge is -2.22. The summed E-state index contributed by atoms with van der Waals surface area (Å²) in [7, 11) is 0. The Kier molecular flexibility index (Phi) is 50.7. The van der Waals surface area contributed by atoms with Crippen molar-refractivity contribution in [1.82, 2.24) is 45.2 Å². The first-order valence-electron chi connectivity index (χ1n) is 48.1. The van der Waals surface area contributed by atoms with Crippen LogP contribution in [0.15, 0.2) is 203 Å². The molecule has 16 nitrogen and oxygen atoms in total. The standard InChI is InChI=1S/C13H18FNO.C13H19NO.C13H17NS.C12H16ClNO.C12H12F3NS.C11H12ClNO.C11H12ClNS.C11H13NO.C9H9ClF3N.C7H10N2/c1-4-15(13(16)9-10(2)3)12-7-5-11(14)6-8-12;1-10(2)8-13(15)14-9-12-6-4-11(3)5-7-12;1-4-10-5-6-11-12(8-10)15-13(14-11)7-9(2)3;1-8(2)6-12(15)14-11-5-4-9(3)7-10(11)13;1-7(2)5-11-16-9-6-8(12(13,14)15)3-4-10(9)17-11;1-7(2)6-10-13-9-5-3-4-8(12)11(9)14-10;1-7(2)5-11-13-9-6-8(12)3-4-10(9)14-11;1-8(2)7-11-12-9-5-3-4-6-10(9)13-11;1-5(2)8-7(10)3-6(4-14-8)9(11,12)13;1-6(2)7-8-4-3-5-9-7/h5-8,10H,4,9H2,1-3H3;4-7,10H,8-9H2,1-3H3,(H,14,15);5-6,8-9H,4,7H2,1-3H3;4-5,7-8H,6H2,1-3H3,(H,14,15);3-4,6-7H,5H2,1-2H3;3-5,7H,6H2,1-2H3;3-4,6-7H,5H2,1-2H3;3-6,8H,7H2,1-2H3;3-5H,1-2H3;3-6H,1-2H3. The molecule has 0 radical (unpaired) electrons. The SMILES string of the molecule is CC(C)Cc1nc2cc(C(F)(F)F)ccc2s1.CC(C)Cc1nc2cc(Cl)ccc2s1.CC(C)Cc1nc2cccc(Cl)c2o1.CC(C)Cc1nc2ccccc2o1.CC(C)c1ncc(C(F)(F)F)cc1Cl.CC(C)c1ncccn1.CCN(C(=O)CC(C)C)c1ccc(F)cc1.CCc1ccc2nc(CC(C)C)sc2c1.Cc1ccc(CNC(=O)CC(C)C)cc1.Cc1ccc(NC(=O)CC(C)C)c(Cl)c1. The molecule has 7 aromatic heterocycles. The van der Waals surface area contributed by atoms with E-state index in [2.05, 4.69) is 178 Å². The number of oxazole rings is 2. The lowest BCUT2D eigenvalue weighted by molar-refractivity contribution is -0.138. The molecule has 0 spiro atoms. The molecule has 15 aromatic rings. The van der Waals surface area contributed by atoms with Gasteiger partial charge in [0.25, 0.3) is 0 Å². The van der Waals surface area contributed by atoms with Gasteiger partial charge in [0.2, 0.25) is 17.7 Å². The molecule has 0 bridgehead atoms. The van der Waals surface area contributed by atoms with Gasteiger partial charge in [-0.25, -0.2) is 39.3 Å². The number of fused-ring (bicyclic) bond motifs is 5. The second-order valence-corrected chi connectivity index (χ2v) is 43.2. The third-order valence-electron chi connectivity index (χ3n) is 20.1. The van der Waals surface area contributed by atoms with Gasteiger partial charge in [-0.1, -0.05) is 252 Å². The number of nitrogens with one attached hydrogen (secondary N) is 2. The molecule has 0 fully saturated rings. The Bertz CT molecular complexity index is 6300. The molecule has 766 valence electrons. The zero-order chi connectivity index (χ0) is 105. The summed E-state index contributed by atoms with van der Waals surface area (Å²) >= 11 is 28.6. The van der Waals surface area contributed by atoms with Crippen LogP contribution in [0.3, 0.4) is 0 Å². The summed E-state index contributed by atoms with van der Waals surface area (Å²) in [5.74, 6) is 6.98. The van der Waals surface area contributed by atoms with Crippen molar-refractivity contribution in [2.45, 2.75) is 255 Å². The molecular formula is C112H138Cl4F7N11O5S3. The van der Waals surface area contributed by atoms with Crippen LogP contribution < -0.4 is 15.5 Å². The number of benzene rings is 8. The predicted octanol–water partition coefficient (Wildman–Crippen LogP) is 34.4. The number of thiazole rings is 3. The molecule has 0 saturated heterocycles. The second-order valence-electron chi connectivity index (χ2n) is 38.2. The average Bonchev–Trinajstić information content (AvgIpc) is 1.66. The first-order chi connectivity index (χ1) is 66.8. The number of para-hydroxylation sites is 3. The maximum Gasteiger partial charge on any atom is 0.417 e. The largest absolute Gasteiger partial charge is 0.441 e. The molecule has 0 aliphatic rings. The maximum absolute atomic E-state index is 12.8. The van der Waals surface area contributed by atoms with E-state index in [1.54, 1.807) is 40.8 Å². The Labute approximate surface area is 866 Å². The number of nitrogens with zero attached hydrogens (tertiary/aromatic N) is 9. The van der Waals surface area contributed by atoms with Crippen LogP contribution in [-0.4, -0.2) is 64.1 Å². The fraction of sp³-hybridized carbons (Fsp3) is 0.420. The van der Waals surface area contributed by atoms with Gasteiger partial charge in [0.05, 0.1) is 83.2 Å². The number of pyridine rings is 1. The van der Waals surface area contributed by atoms with Crippen molar-refractivity contribution in [3.05, 3.63) is 292 Å². The normalized spacial score (nSPS) is 11.2. The fourth-order valence-electron chi connectivity index (χ4n) is 13.3. The molecule has 0 unspecified atom stereocenters. The Morgan fingerprint density at radius 1 is 0.423 bits per heavy atom. The minimum atomic E-state index is -4.38. The van der Waals surface area contributed by atoms with E-state index in [-0.39, 0.29) is 34.5 Å². The summed E-state index contributed by atoms with van der Waals surface area (Å²) in [6, 6.07) is 52.3. The molecular weight excluding hydrogens is 1950 g/mol. The lowest BCUT2D eigenvalue weighted by Crippen LogP contribution is -2.31. The van der Waals surface area contributed by atoms with Crippen molar-refractivity contribution in [3.8, 4) is 0 Å². The van der Waals surface area contributed by atoms with E-state index in [0.717, 1.165) is 140 Å². The topological polar surface area (TPSA) is 208 Å². The van der Waals surface area contributed by atoms with Crippen molar-refractivity contribution < 1.29 is 54.0 Å². The Morgan fingerprint density at radius 3 is 1.43 bits per heavy atom. The van der Waals surface area contributed by atoms with Crippen molar-refractivity contribution in [1.29, 1.82) is 0 Å². The smallest absolute Gasteiger partial charge is 0.417 e. The number of aromatic nitrogens is 8. The van der Waals surface area contributed by atoms with Gasteiger partial charge in [-0.3, -0.25) is 19.4 Å². The summed E-state index contributed by atoms with van der Waals surface area (Å²) in [6.07, 6.45) is 3.13. The van der Waals surface area contributed by atoms with Crippen LogP contribution in [0.25, 0.3) is 52.8 Å². The number of halogens is 11. The second kappa shape index (κ2) is 59.8. The number of carbonyl (C=O) groups is 3. The Balaban J connectivity index is 0.000000242. The van der Waals surface area contributed by atoms with Gasteiger partial charge in [-0.2, -0.15) is 26.3 Å². The monoisotopic (exact) mass is 2090 g/mol. The van der Waals surface area contributed by atoms with Gasteiger partial charge >= 0.3 is 12.4 Å². The maximum atomic E-state index is 12.8.